The third-order valence-electron chi connectivity index (χ3n) is 5.44. The van der Waals surface area contributed by atoms with Crippen molar-refractivity contribution < 1.29 is 17.9 Å². The molecule has 1 amide bonds. The number of hydrogen-bond donors (Lipinski definition) is 1. The van der Waals surface area contributed by atoms with E-state index in [1.807, 2.05) is 7.05 Å². The van der Waals surface area contributed by atoms with Gasteiger partial charge in [0.1, 0.15) is 5.75 Å². The molecule has 0 spiro atoms. The van der Waals surface area contributed by atoms with Crippen LogP contribution in [0.15, 0.2) is 29.2 Å². The first-order valence-corrected chi connectivity index (χ1v) is 11.5. The molecular formula is C20H33ClN2O4S. The maximum Gasteiger partial charge on any atom is 0.222 e. The highest BCUT2D eigenvalue weighted by Gasteiger charge is 2.33. The van der Waals surface area contributed by atoms with Gasteiger partial charge in [0.15, 0.2) is 9.84 Å². The van der Waals surface area contributed by atoms with Crippen molar-refractivity contribution >= 4 is 28.2 Å². The van der Waals surface area contributed by atoms with Crippen LogP contribution < -0.4 is 10.5 Å². The molecule has 0 bridgehead atoms. The topological polar surface area (TPSA) is 89.7 Å². The van der Waals surface area contributed by atoms with Gasteiger partial charge < -0.3 is 15.4 Å². The molecule has 0 atom stereocenters. The summed E-state index contributed by atoms with van der Waals surface area (Å²) in [5.41, 5.74) is 5.96. The standard InChI is InChI=1S/C20H32N2O4S.ClH/c1-22(19(23)15-20(16-21)10-4-3-5-11-20)12-7-13-26-17-8-6-9-18(14-17)27(2,24)25;/h6,8-9,14H,3-5,7,10-13,15-16,21H2,1-2H3;1H. The number of nitrogens with zero attached hydrogens (tertiary/aromatic N) is 1. The lowest BCUT2D eigenvalue weighted by Gasteiger charge is -2.36. The molecule has 1 aliphatic carbocycles. The molecular weight excluding hydrogens is 400 g/mol. The van der Waals surface area contributed by atoms with E-state index in [-0.39, 0.29) is 28.6 Å². The molecule has 2 N–H and O–H groups in total. The predicted octanol–water partition coefficient (Wildman–Crippen LogP) is 3.04. The van der Waals surface area contributed by atoms with Gasteiger partial charge >= 0.3 is 0 Å². The Morgan fingerprint density at radius 2 is 1.93 bits per heavy atom. The van der Waals surface area contributed by atoms with Gasteiger partial charge in [-0.3, -0.25) is 4.79 Å². The molecule has 0 aliphatic heterocycles. The number of rotatable bonds is 9. The minimum absolute atomic E-state index is 0. The van der Waals surface area contributed by atoms with Gasteiger partial charge in [-0.05, 0) is 49.4 Å². The molecule has 0 saturated heterocycles. The lowest BCUT2D eigenvalue weighted by Crippen LogP contribution is -2.39. The predicted molar refractivity (Wildman–Crippen MR) is 114 cm³/mol. The first-order chi connectivity index (χ1) is 12.8. The molecule has 28 heavy (non-hydrogen) atoms. The highest BCUT2D eigenvalue weighted by molar-refractivity contribution is 7.90. The molecule has 0 unspecified atom stereocenters. The second-order valence-corrected chi connectivity index (χ2v) is 9.72. The molecule has 1 saturated carbocycles. The zero-order valence-electron chi connectivity index (χ0n) is 16.9. The van der Waals surface area contributed by atoms with Gasteiger partial charge in [0.25, 0.3) is 0 Å². The molecule has 1 aromatic rings. The summed E-state index contributed by atoms with van der Waals surface area (Å²) in [5, 5.41) is 0. The Bertz CT molecular complexity index is 733. The van der Waals surface area contributed by atoms with E-state index in [4.69, 9.17) is 10.5 Å². The Morgan fingerprint density at radius 1 is 1.25 bits per heavy atom. The maximum absolute atomic E-state index is 12.6. The summed E-state index contributed by atoms with van der Waals surface area (Å²) >= 11 is 0. The first-order valence-electron chi connectivity index (χ1n) is 9.63. The van der Waals surface area contributed by atoms with E-state index in [0.717, 1.165) is 25.7 Å². The molecule has 0 aromatic heterocycles. The van der Waals surface area contributed by atoms with Crippen molar-refractivity contribution in [2.24, 2.45) is 11.1 Å². The summed E-state index contributed by atoms with van der Waals surface area (Å²) in [5.74, 6) is 0.664. The molecule has 8 heteroatoms. The fourth-order valence-electron chi connectivity index (χ4n) is 3.62. The molecule has 0 radical (unpaired) electrons. The Labute approximate surface area is 175 Å². The molecule has 0 heterocycles. The minimum Gasteiger partial charge on any atom is -0.493 e. The van der Waals surface area contributed by atoms with Crippen LogP contribution in [0.3, 0.4) is 0 Å². The summed E-state index contributed by atoms with van der Waals surface area (Å²) in [6.07, 6.45) is 8.03. The minimum atomic E-state index is -3.25. The Morgan fingerprint density at radius 3 is 2.54 bits per heavy atom. The number of halogens is 1. The van der Waals surface area contributed by atoms with Gasteiger partial charge in [0, 0.05) is 26.3 Å². The van der Waals surface area contributed by atoms with Gasteiger partial charge in [0.2, 0.25) is 5.91 Å². The molecule has 6 nitrogen and oxygen atoms in total. The third-order valence-corrected chi connectivity index (χ3v) is 6.55. The van der Waals surface area contributed by atoms with Gasteiger partial charge in [-0.1, -0.05) is 25.3 Å². The van der Waals surface area contributed by atoms with E-state index in [1.54, 1.807) is 23.1 Å². The van der Waals surface area contributed by atoms with Crippen LogP contribution in [0.1, 0.15) is 44.9 Å². The monoisotopic (exact) mass is 432 g/mol. The normalized spacial score (nSPS) is 16.1. The van der Waals surface area contributed by atoms with Crippen molar-refractivity contribution in [2.45, 2.75) is 49.8 Å². The molecule has 160 valence electrons. The fraction of sp³-hybridized carbons (Fsp3) is 0.650. The maximum atomic E-state index is 12.6. The third kappa shape index (κ3) is 7.26. The number of amides is 1. The average molecular weight is 433 g/mol. The fourth-order valence-corrected chi connectivity index (χ4v) is 4.28. The van der Waals surface area contributed by atoms with Crippen molar-refractivity contribution in [1.29, 1.82) is 0 Å². The zero-order valence-corrected chi connectivity index (χ0v) is 18.5. The summed E-state index contributed by atoms with van der Waals surface area (Å²) in [6.45, 7) is 1.60. The Hall–Kier alpha value is -1.31. The zero-order chi connectivity index (χ0) is 19.9. The van der Waals surface area contributed by atoms with E-state index in [0.29, 0.717) is 38.3 Å². The van der Waals surface area contributed by atoms with Gasteiger partial charge in [-0.2, -0.15) is 0 Å². The molecule has 1 aromatic carbocycles. The van der Waals surface area contributed by atoms with Crippen molar-refractivity contribution in [3.05, 3.63) is 24.3 Å². The van der Waals surface area contributed by atoms with Crippen molar-refractivity contribution in [2.75, 3.05) is 33.0 Å². The van der Waals surface area contributed by atoms with E-state index in [9.17, 15) is 13.2 Å². The smallest absolute Gasteiger partial charge is 0.222 e. The van der Waals surface area contributed by atoms with Crippen LogP contribution in [0, 0.1) is 5.41 Å². The number of ether oxygens (including phenoxy) is 1. The van der Waals surface area contributed by atoms with Crippen molar-refractivity contribution in [1.82, 2.24) is 4.90 Å². The number of nitrogens with two attached hydrogens (primary N) is 1. The lowest BCUT2D eigenvalue weighted by molar-refractivity contribution is -0.133. The number of carbonyl (C=O) groups is 1. The van der Waals surface area contributed by atoms with Crippen LogP contribution in [0.4, 0.5) is 0 Å². The number of sulfone groups is 1. The van der Waals surface area contributed by atoms with E-state index in [1.165, 1.54) is 18.7 Å². The van der Waals surface area contributed by atoms with E-state index >= 15 is 0 Å². The quantitative estimate of drug-likeness (QED) is 0.605. The largest absolute Gasteiger partial charge is 0.493 e. The van der Waals surface area contributed by atoms with E-state index < -0.39 is 9.84 Å². The number of hydrogen-bond acceptors (Lipinski definition) is 5. The highest BCUT2D eigenvalue weighted by atomic mass is 35.5. The van der Waals surface area contributed by atoms with Gasteiger partial charge in [-0.25, -0.2) is 8.42 Å². The van der Waals surface area contributed by atoms with Crippen LogP contribution in [0.5, 0.6) is 5.75 Å². The second-order valence-electron chi connectivity index (χ2n) is 7.71. The van der Waals surface area contributed by atoms with E-state index in [2.05, 4.69) is 0 Å². The average Bonchev–Trinajstić information content (AvgIpc) is 2.65. The summed E-state index contributed by atoms with van der Waals surface area (Å²) < 4.78 is 28.8. The van der Waals surface area contributed by atoms with Crippen molar-refractivity contribution in [3.8, 4) is 5.75 Å². The van der Waals surface area contributed by atoms with Gasteiger partial charge in [0.05, 0.1) is 11.5 Å². The van der Waals surface area contributed by atoms with Crippen molar-refractivity contribution in [3.63, 3.8) is 0 Å². The SMILES string of the molecule is CN(CCCOc1cccc(S(C)(=O)=O)c1)C(=O)CC1(CN)CCCCC1.Cl. The first kappa shape index (κ1) is 24.7. The summed E-state index contributed by atoms with van der Waals surface area (Å²) in [4.78, 5) is 14.6. The molecule has 1 fully saturated rings. The molecule has 2 rings (SSSR count). The van der Waals surface area contributed by atoms with Crippen LogP contribution in [-0.4, -0.2) is 52.2 Å². The number of benzene rings is 1. The second kappa shape index (κ2) is 11.0. The van der Waals surface area contributed by atoms with Crippen LogP contribution in [-0.2, 0) is 14.6 Å². The van der Waals surface area contributed by atoms with Crippen LogP contribution in [0.2, 0.25) is 0 Å². The summed E-state index contributed by atoms with van der Waals surface area (Å²) in [6, 6.07) is 6.47. The number of carbonyl (C=O) groups excluding carboxylic acids is 1. The Balaban J connectivity index is 0.00000392. The lowest BCUT2D eigenvalue weighted by atomic mass is 9.71. The summed E-state index contributed by atoms with van der Waals surface area (Å²) in [7, 11) is -1.43. The highest BCUT2D eigenvalue weighted by Crippen LogP contribution is 2.38. The Kier molecular flexibility index (Phi) is 9.74. The van der Waals surface area contributed by atoms with Gasteiger partial charge in [-0.15, -0.1) is 12.4 Å². The van der Waals surface area contributed by atoms with Crippen LogP contribution >= 0.6 is 12.4 Å². The molecule has 1 aliphatic rings. The van der Waals surface area contributed by atoms with Crippen LogP contribution in [0.25, 0.3) is 0 Å².